The highest BCUT2D eigenvalue weighted by molar-refractivity contribution is 6.43. The average Bonchev–Trinajstić information content (AvgIpc) is 3.30. The molecule has 0 saturated carbocycles. The van der Waals surface area contributed by atoms with Crippen molar-refractivity contribution in [3.8, 4) is 6.07 Å². The highest BCUT2D eigenvalue weighted by Crippen LogP contribution is 2.34. The molecule has 3 rings (SSSR count). The fourth-order valence-electron chi connectivity index (χ4n) is 5.87. The van der Waals surface area contributed by atoms with E-state index in [1.165, 1.54) is 24.3 Å². The van der Waals surface area contributed by atoms with Crippen LogP contribution in [0, 0.1) is 29.0 Å². The third kappa shape index (κ3) is 8.16. The Balaban J connectivity index is 1.59. The molecule has 2 amide bonds. The van der Waals surface area contributed by atoms with E-state index in [1.807, 2.05) is 13.8 Å². The zero-order valence-electron chi connectivity index (χ0n) is 23.9. The predicted octanol–water partition coefficient (Wildman–Crippen LogP) is 2.13. The smallest absolute Gasteiger partial charge is 0.447 e. The van der Waals surface area contributed by atoms with Crippen LogP contribution in [0.2, 0.25) is 0 Å². The minimum absolute atomic E-state index is 0.0530. The van der Waals surface area contributed by atoms with Gasteiger partial charge in [0.05, 0.1) is 30.8 Å². The normalized spacial score (nSPS) is 22.2. The first-order chi connectivity index (χ1) is 18.9. The van der Waals surface area contributed by atoms with Crippen LogP contribution in [0.4, 0.5) is 9.18 Å². The molecule has 2 heterocycles. The molecule has 2 unspecified atom stereocenters. The minimum atomic E-state index is -1.86. The lowest BCUT2D eigenvalue weighted by Crippen LogP contribution is -2.54. The summed E-state index contributed by atoms with van der Waals surface area (Å²) in [6.07, 6.45) is 1.16. The second kappa shape index (κ2) is 13.8. The van der Waals surface area contributed by atoms with Gasteiger partial charge in [0, 0.05) is 25.2 Å². The van der Waals surface area contributed by atoms with Crippen molar-refractivity contribution in [1.82, 2.24) is 15.1 Å². The molecule has 0 aliphatic carbocycles. The Morgan fingerprint density at radius 2 is 1.90 bits per heavy atom. The maximum Gasteiger partial charge on any atom is 0.475 e. The number of rotatable bonds is 11. The Kier molecular flexibility index (Phi) is 10.9. The van der Waals surface area contributed by atoms with Gasteiger partial charge >= 0.3 is 13.2 Å². The largest absolute Gasteiger partial charge is 0.475 e. The summed E-state index contributed by atoms with van der Waals surface area (Å²) in [6, 6.07) is 7.73. The van der Waals surface area contributed by atoms with Gasteiger partial charge in [0.2, 0.25) is 5.91 Å². The molecule has 1 aromatic carbocycles. The van der Waals surface area contributed by atoms with Crippen LogP contribution in [-0.2, 0) is 20.7 Å². The van der Waals surface area contributed by atoms with Crippen LogP contribution >= 0.6 is 0 Å². The summed E-state index contributed by atoms with van der Waals surface area (Å²) < 4.78 is 24.1. The van der Waals surface area contributed by atoms with E-state index in [2.05, 4.69) is 30.1 Å². The number of benzene rings is 1. The van der Waals surface area contributed by atoms with Crippen LogP contribution in [0.1, 0.15) is 52.5 Å². The summed E-state index contributed by atoms with van der Waals surface area (Å²) >= 11 is 0. The van der Waals surface area contributed by atoms with Gasteiger partial charge in [0.15, 0.2) is 0 Å². The van der Waals surface area contributed by atoms with Crippen molar-refractivity contribution in [2.75, 3.05) is 39.5 Å². The molecule has 10 nitrogen and oxygen atoms in total. The lowest BCUT2D eigenvalue weighted by atomic mass is 9.76. The van der Waals surface area contributed by atoms with E-state index in [4.69, 9.17) is 9.47 Å². The Morgan fingerprint density at radius 3 is 2.50 bits per heavy atom. The van der Waals surface area contributed by atoms with E-state index in [0.717, 1.165) is 13.1 Å². The number of nitrogens with zero attached hydrogens (tertiary/aromatic N) is 3. The first-order valence-electron chi connectivity index (χ1n) is 13.9. The number of hydrogen-bond donors (Lipinski definition) is 3. The number of nitrogens with one attached hydrogen (secondary N) is 1. The van der Waals surface area contributed by atoms with Crippen molar-refractivity contribution >= 4 is 19.1 Å². The topological polar surface area (TPSA) is 135 Å². The number of carbonyl (C=O) groups excluding carboxylic acids is 2. The number of hydrogen-bond acceptors (Lipinski definition) is 8. The van der Waals surface area contributed by atoms with Crippen LogP contribution < -0.4 is 5.32 Å². The molecule has 220 valence electrons. The molecular weight excluding hydrogens is 518 g/mol. The maximum atomic E-state index is 13.7. The summed E-state index contributed by atoms with van der Waals surface area (Å²) in [6.45, 7) is 11.3. The number of ether oxygens (including phenoxy) is 2. The standard InChI is InChI=1S/C28H42BFN4O6/c1-20(17-27(2,3)33-12-14-39-15-13-33)23(18-31)25(35)34-11-5-10-28(34,4)19-40-26(36)32-24(29(37)38)16-21-6-8-22(30)9-7-21/h6-9,20,23-24,37-38H,5,10-17,19H2,1-4H3,(H,32,36)/t20?,23?,24-,28+/m0/s1. The molecule has 4 atom stereocenters. The van der Waals surface area contributed by atoms with Crippen molar-refractivity contribution in [3.05, 3.63) is 35.6 Å². The maximum absolute atomic E-state index is 13.7. The number of morpholine rings is 1. The van der Waals surface area contributed by atoms with Crippen molar-refractivity contribution in [2.45, 2.75) is 70.4 Å². The lowest BCUT2D eigenvalue weighted by Gasteiger charge is -2.43. The van der Waals surface area contributed by atoms with Gasteiger partial charge in [-0.05, 0) is 70.1 Å². The summed E-state index contributed by atoms with van der Waals surface area (Å²) in [5.41, 5.74) is -0.393. The van der Waals surface area contributed by atoms with Gasteiger partial charge in [0.25, 0.3) is 0 Å². The summed E-state index contributed by atoms with van der Waals surface area (Å²) in [5, 5.41) is 32.0. The van der Waals surface area contributed by atoms with E-state index >= 15 is 0 Å². The predicted molar refractivity (Wildman–Crippen MR) is 147 cm³/mol. The van der Waals surface area contributed by atoms with E-state index in [9.17, 15) is 29.3 Å². The summed E-state index contributed by atoms with van der Waals surface area (Å²) in [4.78, 5) is 30.2. The van der Waals surface area contributed by atoms with E-state index in [-0.39, 0.29) is 30.4 Å². The number of nitriles is 1. The number of halogens is 1. The first kappa shape index (κ1) is 31.8. The van der Waals surface area contributed by atoms with Gasteiger partial charge in [-0.25, -0.2) is 9.18 Å². The number of likely N-dealkylation sites (tertiary alicyclic amines) is 1. The van der Waals surface area contributed by atoms with Crippen LogP contribution in [0.15, 0.2) is 24.3 Å². The zero-order valence-corrected chi connectivity index (χ0v) is 23.9. The second-order valence-corrected chi connectivity index (χ2v) is 11.9. The monoisotopic (exact) mass is 560 g/mol. The molecular formula is C28H42BFN4O6. The SMILES string of the molecule is CC(CC(C)(C)N1CCOCC1)C(C#N)C(=O)N1CCC[C@]1(C)COC(=O)N[C@@H](Cc1ccc(F)cc1)B(O)O. The molecule has 0 radical (unpaired) electrons. The Morgan fingerprint density at radius 1 is 1.25 bits per heavy atom. The Labute approximate surface area is 236 Å². The molecule has 2 aliphatic rings. The van der Waals surface area contributed by atoms with E-state index < -0.39 is 36.4 Å². The first-order valence-corrected chi connectivity index (χ1v) is 13.9. The van der Waals surface area contributed by atoms with Crippen molar-refractivity contribution < 1.29 is 33.5 Å². The number of amides is 2. The van der Waals surface area contributed by atoms with Crippen molar-refractivity contribution in [2.24, 2.45) is 11.8 Å². The molecule has 3 N–H and O–H groups in total. The van der Waals surface area contributed by atoms with E-state index in [1.54, 1.807) is 4.90 Å². The third-order valence-electron chi connectivity index (χ3n) is 8.22. The molecule has 0 aromatic heterocycles. The van der Waals surface area contributed by atoms with Crippen LogP contribution in [-0.4, -0.2) is 95.4 Å². The fraction of sp³-hybridized carbons (Fsp3) is 0.679. The third-order valence-corrected chi connectivity index (χ3v) is 8.22. The van der Waals surface area contributed by atoms with Gasteiger partial charge in [-0.2, -0.15) is 5.26 Å². The van der Waals surface area contributed by atoms with Crippen LogP contribution in [0.3, 0.4) is 0 Å². The van der Waals surface area contributed by atoms with Crippen molar-refractivity contribution in [3.63, 3.8) is 0 Å². The minimum Gasteiger partial charge on any atom is -0.447 e. The molecule has 12 heteroatoms. The van der Waals surface area contributed by atoms with Gasteiger partial charge in [-0.3, -0.25) is 9.69 Å². The summed E-state index contributed by atoms with van der Waals surface area (Å²) in [7, 11) is -1.86. The van der Waals surface area contributed by atoms with Gasteiger partial charge in [0.1, 0.15) is 18.3 Å². The molecule has 2 fully saturated rings. The van der Waals surface area contributed by atoms with Crippen LogP contribution in [0.25, 0.3) is 0 Å². The fourth-order valence-corrected chi connectivity index (χ4v) is 5.87. The molecule has 1 aromatic rings. The van der Waals surface area contributed by atoms with Crippen molar-refractivity contribution in [1.29, 1.82) is 5.26 Å². The lowest BCUT2D eigenvalue weighted by molar-refractivity contribution is -0.140. The molecule has 2 aliphatic heterocycles. The number of carbonyl (C=O) groups is 2. The zero-order chi connectivity index (χ0) is 29.5. The van der Waals surface area contributed by atoms with Gasteiger partial charge in [-0.1, -0.05) is 19.1 Å². The van der Waals surface area contributed by atoms with E-state index in [0.29, 0.717) is 44.6 Å². The number of alkyl carbamates (subject to hydrolysis) is 1. The highest BCUT2D eigenvalue weighted by atomic mass is 19.1. The van der Waals surface area contributed by atoms with Gasteiger partial charge < -0.3 is 29.7 Å². The summed E-state index contributed by atoms with van der Waals surface area (Å²) in [5.74, 6) is -2.80. The Bertz CT molecular complexity index is 1050. The molecule has 40 heavy (non-hydrogen) atoms. The Hall–Kier alpha value is -2.72. The molecule has 2 saturated heterocycles. The molecule has 0 spiro atoms. The second-order valence-electron chi connectivity index (χ2n) is 11.9. The van der Waals surface area contributed by atoms with Crippen LogP contribution in [0.5, 0.6) is 0 Å². The quantitative estimate of drug-likeness (QED) is 0.351. The highest BCUT2D eigenvalue weighted by Gasteiger charge is 2.45. The average molecular weight is 560 g/mol. The molecule has 0 bridgehead atoms. The van der Waals surface area contributed by atoms with Gasteiger partial charge in [-0.15, -0.1) is 0 Å².